The zero-order valence-electron chi connectivity index (χ0n) is 10.2. The molecule has 0 aromatic rings. The zero-order chi connectivity index (χ0) is 13.7. The Hall–Kier alpha value is -1.56. The Labute approximate surface area is 111 Å². The van der Waals surface area contributed by atoms with Gasteiger partial charge in [0.2, 0.25) is 11.8 Å². The van der Waals surface area contributed by atoms with E-state index in [9.17, 15) is 14.4 Å². The molecule has 1 N–H and O–H groups in total. The molecule has 1 heterocycles. The van der Waals surface area contributed by atoms with Crippen molar-refractivity contribution in [1.82, 2.24) is 15.1 Å². The smallest absolute Gasteiger partial charge is 0.326 e. The first kappa shape index (κ1) is 14.5. The molecule has 0 spiro atoms. The van der Waals surface area contributed by atoms with Gasteiger partial charge in [-0.3, -0.25) is 14.5 Å². The Morgan fingerprint density at radius 1 is 1.50 bits per heavy atom. The number of hydrogen-bond acceptors (Lipinski definition) is 3. The molecule has 0 unspecified atom stereocenters. The van der Waals surface area contributed by atoms with Crippen molar-refractivity contribution in [2.24, 2.45) is 0 Å². The fraction of sp³-hybridized carbons (Fsp3) is 0.545. The molecule has 0 aromatic heterocycles. The van der Waals surface area contributed by atoms with Gasteiger partial charge >= 0.3 is 6.03 Å². The molecule has 1 saturated heterocycles. The molecule has 1 aliphatic heterocycles. The van der Waals surface area contributed by atoms with E-state index < -0.39 is 0 Å². The van der Waals surface area contributed by atoms with Crippen molar-refractivity contribution in [1.29, 1.82) is 0 Å². The number of carbonyl (C=O) groups excluding carboxylic acids is 3. The highest BCUT2D eigenvalue weighted by Crippen LogP contribution is 2.09. The van der Waals surface area contributed by atoms with Gasteiger partial charge in [-0.25, -0.2) is 4.79 Å². The molecule has 1 rings (SSSR count). The Morgan fingerprint density at radius 3 is 2.67 bits per heavy atom. The highest BCUT2D eigenvalue weighted by molar-refractivity contribution is 6.29. The van der Waals surface area contributed by atoms with Crippen LogP contribution in [0.2, 0.25) is 0 Å². The lowest BCUT2D eigenvalue weighted by atomic mass is 10.3. The summed E-state index contributed by atoms with van der Waals surface area (Å²) in [6.45, 7) is 4.04. The van der Waals surface area contributed by atoms with Gasteiger partial charge in [0.25, 0.3) is 0 Å². The van der Waals surface area contributed by atoms with E-state index in [0.717, 1.165) is 4.90 Å². The Morgan fingerprint density at radius 2 is 2.17 bits per heavy atom. The average molecular weight is 274 g/mol. The van der Waals surface area contributed by atoms with Crippen LogP contribution in [0, 0.1) is 0 Å². The van der Waals surface area contributed by atoms with E-state index in [1.807, 2.05) is 0 Å². The molecular formula is C11H16ClN3O3. The van der Waals surface area contributed by atoms with Crippen LogP contribution in [-0.4, -0.2) is 54.3 Å². The van der Waals surface area contributed by atoms with Gasteiger partial charge in [0.15, 0.2) is 0 Å². The number of halogens is 1. The molecule has 0 saturated carbocycles. The van der Waals surface area contributed by atoms with Crippen LogP contribution >= 0.6 is 11.6 Å². The van der Waals surface area contributed by atoms with E-state index in [2.05, 4.69) is 11.9 Å². The quantitative estimate of drug-likeness (QED) is 0.718. The molecule has 0 atom stereocenters. The van der Waals surface area contributed by atoms with E-state index in [4.69, 9.17) is 11.6 Å². The van der Waals surface area contributed by atoms with Crippen molar-refractivity contribution in [2.75, 3.05) is 26.7 Å². The molecule has 4 amide bonds. The molecule has 1 aliphatic rings. The van der Waals surface area contributed by atoms with Gasteiger partial charge in [-0.2, -0.15) is 0 Å². The van der Waals surface area contributed by atoms with Gasteiger partial charge in [-0.05, 0) is 6.42 Å². The SMILES string of the molecule is C=C(Cl)CNC(=O)CCCN1C(=O)CN(C)C1=O. The van der Waals surface area contributed by atoms with Crippen molar-refractivity contribution in [2.45, 2.75) is 12.8 Å². The van der Waals surface area contributed by atoms with Crippen LogP contribution in [0.5, 0.6) is 0 Å². The van der Waals surface area contributed by atoms with E-state index in [0.29, 0.717) is 11.5 Å². The van der Waals surface area contributed by atoms with Gasteiger partial charge in [-0.15, -0.1) is 0 Å². The van der Waals surface area contributed by atoms with Gasteiger partial charge in [0.1, 0.15) is 6.54 Å². The molecule has 7 heteroatoms. The summed E-state index contributed by atoms with van der Waals surface area (Å²) in [5.74, 6) is -0.402. The van der Waals surface area contributed by atoms with Gasteiger partial charge < -0.3 is 10.2 Å². The maximum Gasteiger partial charge on any atom is 0.326 e. The Balaban J connectivity index is 2.25. The van der Waals surface area contributed by atoms with Crippen molar-refractivity contribution in [3.63, 3.8) is 0 Å². The second-order valence-corrected chi connectivity index (χ2v) is 4.62. The molecule has 0 aliphatic carbocycles. The number of rotatable bonds is 6. The van der Waals surface area contributed by atoms with Crippen LogP contribution < -0.4 is 5.32 Å². The second kappa shape index (κ2) is 6.39. The van der Waals surface area contributed by atoms with E-state index in [1.165, 1.54) is 4.90 Å². The van der Waals surface area contributed by atoms with Crippen molar-refractivity contribution < 1.29 is 14.4 Å². The largest absolute Gasteiger partial charge is 0.351 e. The van der Waals surface area contributed by atoms with Crippen LogP contribution in [0.15, 0.2) is 11.6 Å². The first-order chi connectivity index (χ1) is 8.41. The Bertz CT molecular complexity index is 384. The summed E-state index contributed by atoms with van der Waals surface area (Å²) in [6, 6.07) is -0.311. The van der Waals surface area contributed by atoms with Crippen LogP contribution in [0.3, 0.4) is 0 Å². The first-order valence-electron chi connectivity index (χ1n) is 5.57. The lowest BCUT2D eigenvalue weighted by Crippen LogP contribution is -2.33. The maximum atomic E-state index is 11.5. The molecular weight excluding hydrogens is 258 g/mol. The minimum atomic E-state index is -0.311. The number of urea groups is 1. The summed E-state index contributed by atoms with van der Waals surface area (Å²) >= 11 is 5.50. The summed E-state index contributed by atoms with van der Waals surface area (Å²) in [6.07, 6.45) is 0.677. The second-order valence-electron chi connectivity index (χ2n) is 4.08. The summed E-state index contributed by atoms with van der Waals surface area (Å²) in [4.78, 5) is 36.8. The third kappa shape index (κ3) is 4.03. The predicted molar refractivity (Wildman–Crippen MR) is 67.0 cm³/mol. The van der Waals surface area contributed by atoms with Crippen molar-refractivity contribution >= 4 is 29.4 Å². The summed E-state index contributed by atoms with van der Waals surface area (Å²) in [7, 11) is 1.57. The van der Waals surface area contributed by atoms with Gasteiger partial charge in [0, 0.05) is 25.0 Å². The summed E-state index contributed by atoms with van der Waals surface area (Å²) in [5, 5.41) is 2.93. The molecule has 100 valence electrons. The summed E-state index contributed by atoms with van der Waals surface area (Å²) < 4.78 is 0. The molecule has 6 nitrogen and oxygen atoms in total. The minimum absolute atomic E-state index is 0.108. The van der Waals surface area contributed by atoms with E-state index in [-0.39, 0.29) is 43.9 Å². The number of imide groups is 1. The van der Waals surface area contributed by atoms with E-state index >= 15 is 0 Å². The minimum Gasteiger partial charge on any atom is -0.351 e. The fourth-order valence-electron chi connectivity index (χ4n) is 1.57. The predicted octanol–water partition coefficient (Wildman–Crippen LogP) is 0.529. The third-order valence-corrected chi connectivity index (χ3v) is 2.63. The normalized spacial score (nSPS) is 15.2. The lowest BCUT2D eigenvalue weighted by molar-refractivity contribution is -0.126. The number of nitrogens with zero attached hydrogens (tertiary/aromatic N) is 2. The standard InChI is InChI=1S/C11H16ClN3O3/c1-8(12)6-13-9(16)4-3-5-15-10(17)7-14(2)11(15)18/h1,3-7H2,2H3,(H,13,16). The van der Waals surface area contributed by atoms with Crippen molar-refractivity contribution in [3.05, 3.63) is 11.6 Å². The van der Waals surface area contributed by atoms with Crippen LogP contribution in [0.25, 0.3) is 0 Å². The number of nitrogens with one attached hydrogen (secondary N) is 1. The first-order valence-corrected chi connectivity index (χ1v) is 5.95. The van der Waals surface area contributed by atoms with E-state index in [1.54, 1.807) is 7.05 Å². The maximum absolute atomic E-state index is 11.5. The molecule has 0 bridgehead atoms. The molecule has 18 heavy (non-hydrogen) atoms. The number of likely N-dealkylation sites (N-methyl/N-ethyl adjacent to an activating group) is 1. The number of carbonyl (C=O) groups is 3. The van der Waals surface area contributed by atoms with Crippen molar-refractivity contribution in [3.8, 4) is 0 Å². The van der Waals surface area contributed by atoms with Crippen LogP contribution in [-0.2, 0) is 9.59 Å². The third-order valence-electron chi connectivity index (χ3n) is 2.49. The lowest BCUT2D eigenvalue weighted by Gasteiger charge is -2.13. The monoisotopic (exact) mass is 273 g/mol. The number of hydrogen-bond donors (Lipinski definition) is 1. The molecule has 0 radical (unpaired) electrons. The topological polar surface area (TPSA) is 69.7 Å². The van der Waals surface area contributed by atoms with Crippen LogP contribution in [0.4, 0.5) is 4.79 Å². The van der Waals surface area contributed by atoms with Gasteiger partial charge in [-0.1, -0.05) is 18.2 Å². The average Bonchev–Trinajstić information content (AvgIpc) is 2.53. The Kier molecular flexibility index (Phi) is 5.15. The summed E-state index contributed by atoms with van der Waals surface area (Å²) in [5.41, 5.74) is 0. The zero-order valence-corrected chi connectivity index (χ0v) is 11.0. The van der Waals surface area contributed by atoms with Crippen LogP contribution in [0.1, 0.15) is 12.8 Å². The highest BCUT2D eigenvalue weighted by Gasteiger charge is 2.32. The fourth-order valence-corrected chi connectivity index (χ4v) is 1.64. The molecule has 1 fully saturated rings. The van der Waals surface area contributed by atoms with Gasteiger partial charge in [0.05, 0.1) is 6.54 Å². The number of amides is 4. The highest BCUT2D eigenvalue weighted by atomic mass is 35.5. The molecule has 0 aromatic carbocycles.